The molecule has 3 atom stereocenters. The molecule has 0 spiro atoms. The molecule has 2 aromatic carbocycles. The van der Waals surface area contributed by atoms with Crippen molar-refractivity contribution in [3.05, 3.63) is 72.8 Å². The maximum Gasteiger partial charge on any atom is 0.313 e. The summed E-state index contributed by atoms with van der Waals surface area (Å²) in [5, 5.41) is 2.44. The van der Waals surface area contributed by atoms with E-state index in [4.69, 9.17) is 4.74 Å². The summed E-state index contributed by atoms with van der Waals surface area (Å²) in [5.41, 5.74) is 0.716. The molecule has 23 heavy (non-hydrogen) atoms. The molecule has 2 nitrogen and oxygen atoms in total. The topological polar surface area (TPSA) is 26.3 Å². The van der Waals surface area contributed by atoms with Crippen LogP contribution in [0.2, 0.25) is 0 Å². The summed E-state index contributed by atoms with van der Waals surface area (Å²) in [6.07, 6.45) is 8.28. The van der Waals surface area contributed by atoms with E-state index in [9.17, 15) is 4.79 Å². The van der Waals surface area contributed by atoms with Crippen LogP contribution in [0.15, 0.2) is 67.3 Å². The smallest absolute Gasteiger partial charge is 0.313 e. The van der Waals surface area contributed by atoms with Crippen LogP contribution in [0, 0.1) is 11.3 Å². The number of hydrogen-bond acceptors (Lipinski definition) is 2. The van der Waals surface area contributed by atoms with Crippen molar-refractivity contribution >= 4 is 16.7 Å². The lowest BCUT2D eigenvalue weighted by molar-refractivity contribution is -0.148. The molecule has 2 aromatic rings. The standard InChI is InChI=1S/C21H20O2/c1-2-12-21(18-8-5-9-19(18)23-20(21)22)14-15-10-11-16-6-3-4-7-17(16)13-15/h2-7,9-11,13,18-19H,1,8,12,14H2/t18-,19-,21+/m0/s1. The van der Waals surface area contributed by atoms with Gasteiger partial charge in [0.25, 0.3) is 0 Å². The van der Waals surface area contributed by atoms with Gasteiger partial charge < -0.3 is 4.74 Å². The minimum absolute atomic E-state index is 0.0529. The third-order valence-corrected chi connectivity index (χ3v) is 5.31. The third-order valence-electron chi connectivity index (χ3n) is 5.31. The maximum atomic E-state index is 12.7. The van der Waals surface area contributed by atoms with Crippen molar-refractivity contribution in [3.63, 3.8) is 0 Å². The number of esters is 1. The summed E-state index contributed by atoms with van der Waals surface area (Å²) in [7, 11) is 0. The lowest BCUT2D eigenvalue weighted by atomic mass is 9.69. The highest BCUT2D eigenvalue weighted by molar-refractivity contribution is 5.84. The Morgan fingerprint density at radius 1 is 1.22 bits per heavy atom. The van der Waals surface area contributed by atoms with E-state index in [2.05, 4.69) is 43.0 Å². The molecule has 116 valence electrons. The van der Waals surface area contributed by atoms with Gasteiger partial charge >= 0.3 is 5.97 Å². The first-order valence-electron chi connectivity index (χ1n) is 8.19. The van der Waals surface area contributed by atoms with Gasteiger partial charge in [-0.25, -0.2) is 0 Å². The summed E-state index contributed by atoms with van der Waals surface area (Å²) in [6.45, 7) is 3.88. The fraction of sp³-hybridized carbons (Fsp3) is 0.286. The molecule has 0 amide bonds. The second kappa shape index (κ2) is 5.38. The van der Waals surface area contributed by atoms with E-state index >= 15 is 0 Å². The van der Waals surface area contributed by atoms with E-state index < -0.39 is 5.41 Å². The summed E-state index contributed by atoms with van der Waals surface area (Å²) in [4.78, 5) is 12.7. The van der Waals surface area contributed by atoms with Crippen LogP contribution in [0.4, 0.5) is 0 Å². The molecular weight excluding hydrogens is 284 g/mol. The van der Waals surface area contributed by atoms with Crippen molar-refractivity contribution in [1.29, 1.82) is 0 Å². The zero-order valence-electron chi connectivity index (χ0n) is 13.1. The monoisotopic (exact) mass is 304 g/mol. The average molecular weight is 304 g/mol. The van der Waals surface area contributed by atoms with E-state index in [0.29, 0.717) is 12.8 Å². The molecule has 0 aromatic heterocycles. The number of carbonyl (C=O) groups excluding carboxylic acids is 1. The van der Waals surface area contributed by atoms with Crippen molar-refractivity contribution in [3.8, 4) is 0 Å². The van der Waals surface area contributed by atoms with Gasteiger partial charge in [-0.1, -0.05) is 54.6 Å². The van der Waals surface area contributed by atoms with Crippen LogP contribution in [0.3, 0.4) is 0 Å². The largest absolute Gasteiger partial charge is 0.457 e. The summed E-state index contributed by atoms with van der Waals surface area (Å²) in [6, 6.07) is 14.8. The highest BCUT2D eigenvalue weighted by atomic mass is 16.6. The van der Waals surface area contributed by atoms with Crippen LogP contribution in [0.25, 0.3) is 10.8 Å². The third kappa shape index (κ3) is 2.21. The van der Waals surface area contributed by atoms with Gasteiger partial charge in [-0.15, -0.1) is 6.58 Å². The summed E-state index contributed by atoms with van der Waals surface area (Å²) < 4.78 is 5.64. The van der Waals surface area contributed by atoms with Crippen LogP contribution in [-0.2, 0) is 16.0 Å². The molecule has 1 aliphatic carbocycles. The van der Waals surface area contributed by atoms with Crippen LogP contribution in [0.1, 0.15) is 18.4 Å². The number of ether oxygens (including phenoxy) is 1. The minimum Gasteiger partial charge on any atom is -0.457 e. The predicted molar refractivity (Wildman–Crippen MR) is 92.0 cm³/mol. The molecule has 1 fully saturated rings. The molecule has 4 rings (SSSR count). The Morgan fingerprint density at radius 2 is 2.04 bits per heavy atom. The van der Waals surface area contributed by atoms with Crippen molar-refractivity contribution in [1.82, 2.24) is 0 Å². The lowest BCUT2D eigenvalue weighted by Gasteiger charge is -2.29. The normalized spacial score (nSPS) is 28.8. The van der Waals surface area contributed by atoms with Gasteiger partial charge in [0.2, 0.25) is 0 Å². The number of rotatable bonds is 4. The zero-order valence-corrected chi connectivity index (χ0v) is 13.1. The second-order valence-electron chi connectivity index (χ2n) is 6.65. The van der Waals surface area contributed by atoms with Gasteiger partial charge in [-0.2, -0.15) is 0 Å². The fourth-order valence-electron chi connectivity index (χ4n) is 4.16. The van der Waals surface area contributed by atoms with Crippen molar-refractivity contribution in [2.75, 3.05) is 0 Å². The first-order valence-corrected chi connectivity index (χ1v) is 8.19. The number of hydrogen-bond donors (Lipinski definition) is 0. The summed E-state index contributed by atoms with van der Waals surface area (Å²) in [5.74, 6) is 0.171. The van der Waals surface area contributed by atoms with E-state index in [-0.39, 0.29) is 18.0 Å². The van der Waals surface area contributed by atoms with E-state index in [0.717, 1.165) is 6.42 Å². The maximum absolute atomic E-state index is 12.7. The van der Waals surface area contributed by atoms with Gasteiger partial charge in [0.1, 0.15) is 6.10 Å². The Kier molecular flexibility index (Phi) is 3.33. The molecule has 1 heterocycles. The molecule has 2 aliphatic rings. The molecule has 2 heteroatoms. The van der Waals surface area contributed by atoms with Crippen LogP contribution in [-0.4, -0.2) is 12.1 Å². The van der Waals surface area contributed by atoms with E-state index in [1.165, 1.54) is 16.3 Å². The molecule has 0 radical (unpaired) electrons. The first kappa shape index (κ1) is 14.3. The molecule has 1 saturated heterocycles. The van der Waals surface area contributed by atoms with E-state index in [1.807, 2.05) is 24.3 Å². The second-order valence-corrected chi connectivity index (χ2v) is 6.65. The van der Waals surface area contributed by atoms with Crippen LogP contribution in [0.5, 0.6) is 0 Å². The van der Waals surface area contributed by atoms with Gasteiger partial charge in [0.15, 0.2) is 0 Å². The quantitative estimate of drug-likeness (QED) is 0.616. The molecular formula is C21H20O2. The Bertz CT molecular complexity index is 804. The van der Waals surface area contributed by atoms with Crippen LogP contribution >= 0.6 is 0 Å². The molecule has 0 saturated carbocycles. The Morgan fingerprint density at radius 3 is 2.87 bits per heavy atom. The molecule has 0 bridgehead atoms. The highest BCUT2D eigenvalue weighted by Gasteiger charge is 2.56. The Balaban J connectivity index is 1.73. The molecule has 0 unspecified atom stereocenters. The Labute approximate surface area is 136 Å². The van der Waals surface area contributed by atoms with Gasteiger partial charge in [0.05, 0.1) is 5.41 Å². The highest BCUT2D eigenvalue weighted by Crippen LogP contribution is 2.50. The average Bonchev–Trinajstić information content (AvgIpc) is 3.11. The van der Waals surface area contributed by atoms with Crippen LogP contribution < -0.4 is 0 Å². The summed E-state index contributed by atoms with van der Waals surface area (Å²) >= 11 is 0. The number of carbonyl (C=O) groups is 1. The SMILES string of the molecule is C=CC[C@]1(Cc2ccc3ccccc3c2)C(=O)O[C@H]2C=CC[C@@H]21. The minimum atomic E-state index is -0.474. The van der Waals surface area contributed by atoms with Gasteiger partial charge in [-0.05, 0) is 41.7 Å². The van der Waals surface area contributed by atoms with Crippen molar-refractivity contribution < 1.29 is 9.53 Å². The number of allylic oxidation sites excluding steroid dienone is 2. The molecule has 1 aliphatic heterocycles. The van der Waals surface area contributed by atoms with Gasteiger partial charge in [0, 0.05) is 5.92 Å². The fourth-order valence-corrected chi connectivity index (χ4v) is 4.16. The van der Waals surface area contributed by atoms with Gasteiger partial charge in [-0.3, -0.25) is 4.79 Å². The number of fused-ring (bicyclic) bond motifs is 2. The lowest BCUT2D eigenvalue weighted by Crippen LogP contribution is -2.35. The van der Waals surface area contributed by atoms with Crippen molar-refractivity contribution in [2.24, 2.45) is 11.3 Å². The number of benzene rings is 2. The van der Waals surface area contributed by atoms with E-state index in [1.54, 1.807) is 0 Å². The Hall–Kier alpha value is -2.35. The predicted octanol–water partition coefficient (Wildman–Crippen LogP) is 4.45. The molecule has 0 N–H and O–H groups in total. The zero-order chi connectivity index (χ0) is 15.9. The van der Waals surface area contributed by atoms with Crippen molar-refractivity contribution in [2.45, 2.75) is 25.4 Å². The first-order chi connectivity index (χ1) is 11.2.